The number of rotatable bonds is 2. The van der Waals surface area contributed by atoms with E-state index in [1.165, 1.54) is 24.8 Å². The Hall–Kier alpha value is -2.08. The number of nitrogens with one attached hydrogen (secondary N) is 1. The Morgan fingerprint density at radius 2 is 1.78 bits per heavy atom. The lowest BCUT2D eigenvalue weighted by Gasteiger charge is -2.55. The second kappa shape index (κ2) is 5.71. The number of nitriles is 1. The highest BCUT2D eigenvalue weighted by atomic mass is 16.1. The van der Waals surface area contributed by atoms with E-state index in [1.807, 2.05) is 18.2 Å². The minimum absolute atomic E-state index is 0.0885. The largest absolute Gasteiger partial charge is 0.379 e. The van der Waals surface area contributed by atoms with Gasteiger partial charge in [0.15, 0.2) is 5.78 Å². The Balaban J connectivity index is 1.53. The summed E-state index contributed by atoms with van der Waals surface area (Å²) in [6.45, 7) is 4.36. The number of benzene rings is 1. The highest BCUT2D eigenvalue weighted by Crippen LogP contribution is 2.60. The summed E-state index contributed by atoms with van der Waals surface area (Å²) in [6, 6.07) is 8.12. The normalized spacial score (nSPS) is 36.8. The topological polar surface area (TPSA) is 52.9 Å². The molecule has 140 valence electrons. The van der Waals surface area contributed by atoms with Crippen molar-refractivity contribution in [1.29, 1.82) is 5.26 Å². The van der Waals surface area contributed by atoms with Gasteiger partial charge in [0.1, 0.15) is 0 Å². The van der Waals surface area contributed by atoms with Gasteiger partial charge in [0.2, 0.25) is 0 Å². The van der Waals surface area contributed by atoms with Crippen molar-refractivity contribution in [3.05, 3.63) is 41.0 Å². The number of fused-ring (bicyclic) bond motifs is 1. The Labute approximate surface area is 161 Å². The van der Waals surface area contributed by atoms with Crippen molar-refractivity contribution in [2.24, 2.45) is 23.2 Å². The number of nitrogens with zero attached hydrogens (tertiary/aromatic N) is 1. The average molecular weight is 361 g/mol. The highest BCUT2D eigenvalue weighted by molar-refractivity contribution is 6.01. The van der Waals surface area contributed by atoms with Crippen LogP contribution in [0.5, 0.6) is 0 Å². The van der Waals surface area contributed by atoms with Crippen LogP contribution in [0.1, 0.15) is 69.1 Å². The molecule has 1 aromatic carbocycles. The third kappa shape index (κ3) is 2.81. The molecule has 0 aromatic heterocycles. The quantitative estimate of drug-likeness (QED) is 0.784. The number of carbonyl (C=O) groups excluding carboxylic acids is 1. The van der Waals surface area contributed by atoms with E-state index in [1.54, 1.807) is 0 Å². The molecule has 0 amide bonds. The third-order valence-electron chi connectivity index (χ3n) is 7.47. The number of ketones is 1. The number of carbonyl (C=O) groups is 1. The average Bonchev–Trinajstić information content (AvgIpc) is 2.59. The molecule has 3 heteroatoms. The van der Waals surface area contributed by atoms with Gasteiger partial charge in [-0.05, 0) is 94.2 Å². The lowest BCUT2D eigenvalue weighted by atomic mass is 9.48. The van der Waals surface area contributed by atoms with E-state index >= 15 is 0 Å². The molecule has 0 spiro atoms. The van der Waals surface area contributed by atoms with Gasteiger partial charge in [-0.25, -0.2) is 0 Å². The summed E-state index contributed by atoms with van der Waals surface area (Å²) in [5.74, 6) is 2.64. The fraction of sp³-hybridized carbons (Fsp3) is 0.583. The molecule has 1 aromatic rings. The van der Waals surface area contributed by atoms with E-state index in [0.717, 1.165) is 54.7 Å². The van der Waals surface area contributed by atoms with Gasteiger partial charge in [0, 0.05) is 28.3 Å². The first kappa shape index (κ1) is 17.0. The van der Waals surface area contributed by atoms with Gasteiger partial charge in [0.05, 0.1) is 11.6 Å². The van der Waals surface area contributed by atoms with E-state index in [9.17, 15) is 10.1 Å². The molecule has 1 heterocycles. The fourth-order valence-corrected chi connectivity index (χ4v) is 6.81. The van der Waals surface area contributed by atoms with Crippen molar-refractivity contribution in [2.45, 2.75) is 64.3 Å². The van der Waals surface area contributed by atoms with Crippen LogP contribution < -0.4 is 5.32 Å². The summed E-state index contributed by atoms with van der Waals surface area (Å²) in [7, 11) is 0. The molecular weight excluding hydrogens is 332 g/mol. The Morgan fingerprint density at radius 1 is 1.15 bits per heavy atom. The van der Waals surface area contributed by atoms with Gasteiger partial charge in [-0.2, -0.15) is 5.26 Å². The Bertz CT molecular complexity index is 851. The van der Waals surface area contributed by atoms with E-state index in [0.29, 0.717) is 11.3 Å². The van der Waals surface area contributed by atoms with E-state index in [2.05, 4.69) is 31.3 Å². The van der Waals surface area contributed by atoms with Gasteiger partial charge in [0.25, 0.3) is 0 Å². The second-order valence-electron chi connectivity index (χ2n) is 10.3. The van der Waals surface area contributed by atoms with Crippen LogP contribution in [0.3, 0.4) is 0 Å². The Morgan fingerprint density at radius 3 is 2.37 bits per heavy atom. The summed E-state index contributed by atoms with van der Waals surface area (Å²) in [5.41, 5.74) is 3.63. The van der Waals surface area contributed by atoms with Crippen molar-refractivity contribution in [2.75, 3.05) is 0 Å². The molecule has 1 N–H and O–H groups in total. The van der Waals surface area contributed by atoms with Crippen LogP contribution >= 0.6 is 0 Å². The van der Waals surface area contributed by atoms with Gasteiger partial charge < -0.3 is 5.32 Å². The standard InChI is InChI=1S/C24H28N2O/c1-23(2)13-19-4-3-15(14-25)8-20(19)21(26-23)9-22(27)24-10-16-5-17(11-24)7-18(6-16)12-24/h3-4,8-9,16-18,26H,5-7,10-13H2,1-2H3/b21-9-. The van der Waals surface area contributed by atoms with Gasteiger partial charge in [-0.3, -0.25) is 4.79 Å². The molecule has 0 unspecified atom stereocenters. The van der Waals surface area contributed by atoms with Crippen LogP contribution in [0.4, 0.5) is 0 Å². The maximum Gasteiger partial charge on any atom is 0.163 e. The maximum atomic E-state index is 13.6. The molecule has 1 aliphatic heterocycles. The molecule has 0 atom stereocenters. The first-order valence-electron chi connectivity index (χ1n) is 10.4. The lowest BCUT2D eigenvalue weighted by Crippen LogP contribution is -2.50. The van der Waals surface area contributed by atoms with E-state index < -0.39 is 0 Å². The van der Waals surface area contributed by atoms with E-state index in [-0.39, 0.29) is 11.0 Å². The predicted octanol–water partition coefficient (Wildman–Crippen LogP) is 4.61. The molecule has 0 saturated heterocycles. The molecule has 4 fully saturated rings. The monoisotopic (exact) mass is 360 g/mol. The maximum absolute atomic E-state index is 13.6. The van der Waals surface area contributed by atoms with Gasteiger partial charge in [-0.15, -0.1) is 0 Å². The van der Waals surface area contributed by atoms with Crippen LogP contribution in [0.2, 0.25) is 0 Å². The summed E-state index contributed by atoms with van der Waals surface area (Å²) in [6.07, 6.45) is 10.1. The van der Waals surface area contributed by atoms with Crippen molar-refractivity contribution >= 4 is 11.5 Å². The van der Waals surface area contributed by atoms with Crippen LogP contribution in [-0.2, 0) is 11.2 Å². The van der Waals surface area contributed by atoms with Crippen molar-refractivity contribution in [3.63, 3.8) is 0 Å². The van der Waals surface area contributed by atoms with Crippen LogP contribution in [0, 0.1) is 34.5 Å². The van der Waals surface area contributed by atoms with Crippen molar-refractivity contribution < 1.29 is 4.79 Å². The van der Waals surface area contributed by atoms with Crippen molar-refractivity contribution in [1.82, 2.24) is 5.32 Å². The molecule has 5 aliphatic rings. The molecule has 6 rings (SSSR count). The lowest BCUT2D eigenvalue weighted by molar-refractivity contribution is -0.138. The number of allylic oxidation sites excluding steroid dienone is 1. The smallest absolute Gasteiger partial charge is 0.163 e. The minimum Gasteiger partial charge on any atom is -0.379 e. The zero-order valence-electron chi connectivity index (χ0n) is 16.3. The molecule has 4 saturated carbocycles. The van der Waals surface area contributed by atoms with E-state index in [4.69, 9.17) is 0 Å². The molecule has 4 aliphatic carbocycles. The molecule has 4 bridgehead atoms. The van der Waals surface area contributed by atoms with Crippen LogP contribution in [-0.4, -0.2) is 11.3 Å². The molecule has 0 radical (unpaired) electrons. The fourth-order valence-electron chi connectivity index (χ4n) is 6.81. The SMILES string of the molecule is CC1(C)Cc2ccc(C#N)cc2/C(=C/C(=O)C23CC4CC(CC(C4)C2)C3)N1. The Kier molecular flexibility index (Phi) is 3.60. The zero-order chi connectivity index (χ0) is 18.8. The highest BCUT2D eigenvalue weighted by Gasteiger charge is 2.54. The summed E-state index contributed by atoms with van der Waals surface area (Å²) in [4.78, 5) is 13.6. The van der Waals surface area contributed by atoms with Crippen LogP contribution in [0.15, 0.2) is 24.3 Å². The summed E-state index contributed by atoms with van der Waals surface area (Å²) in [5, 5.41) is 12.9. The first-order chi connectivity index (χ1) is 12.9. The second-order valence-corrected chi connectivity index (χ2v) is 10.3. The molecular formula is C24H28N2O. The zero-order valence-corrected chi connectivity index (χ0v) is 16.3. The van der Waals surface area contributed by atoms with Gasteiger partial charge >= 0.3 is 0 Å². The number of hydrogen-bond acceptors (Lipinski definition) is 3. The van der Waals surface area contributed by atoms with Gasteiger partial charge in [-0.1, -0.05) is 6.07 Å². The molecule has 3 nitrogen and oxygen atoms in total. The van der Waals surface area contributed by atoms with Crippen LogP contribution in [0.25, 0.3) is 5.70 Å². The minimum atomic E-state index is -0.113. The summed E-state index contributed by atoms with van der Waals surface area (Å²) >= 11 is 0. The number of hydrogen-bond donors (Lipinski definition) is 1. The van der Waals surface area contributed by atoms with Crippen molar-refractivity contribution in [3.8, 4) is 6.07 Å². The summed E-state index contributed by atoms with van der Waals surface area (Å²) < 4.78 is 0. The molecule has 27 heavy (non-hydrogen) atoms. The first-order valence-corrected chi connectivity index (χ1v) is 10.4. The predicted molar refractivity (Wildman–Crippen MR) is 106 cm³/mol. The third-order valence-corrected chi connectivity index (χ3v) is 7.47.